The maximum atomic E-state index is 11.5. The maximum absolute atomic E-state index is 11.5. The van der Waals surface area contributed by atoms with Crippen LogP contribution in [0.15, 0.2) is 0 Å². The third-order valence-corrected chi connectivity index (χ3v) is 1.07. The van der Waals surface area contributed by atoms with Crippen LogP contribution in [-0.4, -0.2) is 6.11 Å². The molecule has 0 amide bonds. The Morgan fingerprint density at radius 1 is 1.33 bits per heavy atom. The number of rotatable bonds is 4. The first-order chi connectivity index (χ1) is 4.06. The monoisotopic (exact) mass is 137 g/mol. The molecule has 0 aromatic carbocycles. The molecule has 0 aliphatic heterocycles. The van der Waals surface area contributed by atoms with Gasteiger partial charge in [-0.2, -0.15) is 13.9 Å². The summed E-state index contributed by atoms with van der Waals surface area (Å²) in [6.07, 6.45) is -2.28. The molecule has 0 bridgehead atoms. The Kier molecular flexibility index (Phi) is 3.70. The standard InChI is InChI=1S/C6H11F2O/c1-2-3-4-5-6(7,8)9/h2-5H2,1H3. The van der Waals surface area contributed by atoms with Crippen LogP contribution in [0.4, 0.5) is 8.78 Å². The molecule has 0 aromatic heterocycles. The van der Waals surface area contributed by atoms with Crippen molar-refractivity contribution in [1.82, 2.24) is 0 Å². The number of halogens is 2. The van der Waals surface area contributed by atoms with Crippen molar-refractivity contribution in [1.29, 1.82) is 0 Å². The zero-order valence-corrected chi connectivity index (χ0v) is 5.49. The number of unbranched alkanes of at least 4 members (excludes halogenated alkanes) is 2. The summed E-state index contributed by atoms with van der Waals surface area (Å²) in [5.74, 6) is 0. The highest BCUT2D eigenvalue weighted by molar-refractivity contribution is 4.48. The van der Waals surface area contributed by atoms with Crippen LogP contribution in [0.1, 0.15) is 32.6 Å². The molecule has 0 rings (SSSR count). The second-order valence-electron chi connectivity index (χ2n) is 2.09. The van der Waals surface area contributed by atoms with E-state index in [1.54, 1.807) is 0 Å². The van der Waals surface area contributed by atoms with Crippen molar-refractivity contribution in [3.63, 3.8) is 0 Å². The molecule has 3 heteroatoms. The molecule has 0 spiro atoms. The first-order valence-corrected chi connectivity index (χ1v) is 3.14. The average molecular weight is 137 g/mol. The third-order valence-electron chi connectivity index (χ3n) is 1.07. The Hall–Kier alpha value is -0.180. The van der Waals surface area contributed by atoms with E-state index in [0.29, 0.717) is 6.42 Å². The lowest BCUT2D eigenvalue weighted by molar-refractivity contribution is -0.245. The quantitative estimate of drug-likeness (QED) is 0.531. The van der Waals surface area contributed by atoms with Gasteiger partial charge in [0.15, 0.2) is 0 Å². The van der Waals surface area contributed by atoms with Crippen LogP contribution in [0.5, 0.6) is 0 Å². The van der Waals surface area contributed by atoms with Crippen LogP contribution in [0.3, 0.4) is 0 Å². The van der Waals surface area contributed by atoms with E-state index < -0.39 is 12.5 Å². The second-order valence-corrected chi connectivity index (χ2v) is 2.09. The molecule has 1 nitrogen and oxygen atoms in total. The van der Waals surface area contributed by atoms with Gasteiger partial charge in [-0.15, -0.1) is 0 Å². The van der Waals surface area contributed by atoms with Crippen molar-refractivity contribution in [2.45, 2.75) is 38.7 Å². The number of hydrogen-bond donors (Lipinski definition) is 0. The van der Waals surface area contributed by atoms with Gasteiger partial charge in [0, 0.05) is 6.42 Å². The zero-order chi connectivity index (χ0) is 7.33. The first-order valence-electron chi connectivity index (χ1n) is 3.14. The average Bonchev–Trinajstić information content (AvgIpc) is 1.63. The Morgan fingerprint density at radius 3 is 2.22 bits per heavy atom. The molecule has 0 saturated carbocycles. The van der Waals surface area contributed by atoms with Crippen molar-refractivity contribution in [2.24, 2.45) is 0 Å². The van der Waals surface area contributed by atoms with E-state index in [2.05, 4.69) is 0 Å². The lowest BCUT2D eigenvalue weighted by atomic mass is 10.2. The smallest absolute Gasteiger partial charge is 0.173 e. The van der Waals surface area contributed by atoms with Crippen molar-refractivity contribution < 1.29 is 13.9 Å². The molecule has 0 saturated heterocycles. The molecule has 0 fully saturated rings. The second kappa shape index (κ2) is 3.77. The van der Waals surface area contributed by atoms with Crippen LogP contribution in [-0.2, 0) is 5.11 Å². The summed E-state index contributed by atoms with van der Waals surface area (Å²) in [6, 6.07) is 0. The summed E-state index contributed by atoms with van der Waals surface area (Å²) in [5, 5.41) is 9.64. The van der Waals surface area contributed by atoms with Crippen LogP contribution in [0.25, 0.3) is 0 Å². The van der Waals surface area contributed by atoms with Crippen LogP contribution >= 0.6 is 0 Å². The fourth-order valence-electron chi connectivity index (χ4n) is 0.581. The zero-order valence-electron chi connectivity index (χ0n) is 5.49. The normalized spacial score (nSPS) is 12.0. The third kappa shape index (κ3) is 7.82. The van der Waals surface area contributed by atoms with E-state index in [4.69, 9.17) is 0 Å². The minimum absolute atomic E-state index is 0.340. The van der Waals surface area contributed by atoms with Gasteiger partial charge >= 0.3 is 6.11 Å². The van der Waals surface area contributed by atoms with Gasteiger partial charge in [0.1, 0.15) is 0 Å². The highest BCUT2D eigenvalue weighted by atomic mass is 19.3. The van der Waals surface area contributed by atoms with Gasteiger partial charge in [0.25, 0.3) is 0 Å². The summed E-state index contributed by atoms with van der Waals surface area (Å²) in [4.78, 5) is 0. The molecule has 9 heavy (non-hydrogen) atoms. The predicted octanol–water partition coefficient (Wildman–Crippen LogP) is 2.59. The Bertz CT molecular complexity index is 67.9. The Morgan fingerprint density at radius 2 is 1.89 bits per heavy atom. The minimum Gasteiger partial charge on any atom is -0.173 e. The highest BCUT2D eigenvalue weighted by Crippen LogP contribution is 2.17. The molecular weight excluding hydrogens is 126 g/mol. The molecule has 0 atom stereocenters. The molecule has 0 N–H and O–H groups in total. The van der Waals surface area contributed by atoms with E-state index in [9.17, 15) is 13.9 Å². The summed E-state index contributed by atoms with van der Waals surface area (Å²) in [6.45, 7) is 1.91. The fourth-order valence-corrected chi connectivity index (χ4v) is 0.581. The fraction of sp³-hybridized carbons (Fsp3) is 1.00. The topological polar surface area (TPSA) is 19.9 Å². The molecule has 0 aliphatic rings. The van der Waals surface area contributed by atoms with Crippen LogP contribution < -0.4 is 0 Å². The molecule has 0 aromatic rings. The van der Waals surface area contributed by atoms with E-state index in [0.717, 1.165) is 12.8 Å². The number of alkyl halides is 2. The summed E-state index contributed by atoms with van der Waals surface area (Å²) in [7, 11) is 0. The molecular formula is C6H11F2O. The summed E-state index contributed by atoms with van der Waals surface area (Å²) in [5.41, 5.74) is 0. The molecule has 0 unspecified atom stereocenters. The molecule has 55 valence electrons. The van der Waals surface area contributed by atoms with Crippen molar-refractivity contribution in [3.05, 3.63) is 0 Å². The Labute approximate surface area is 53.7 Å². The van der Waals surface area contributed by atoms with E-state index in [-0.39, 0.29) is 0 Å². The number of hydrogen-bond acceptors (Lipinski definition) is 0. The van der Waals surface area contributed by atoms with Crippen LogP contribution in [0, 0.1) is 0 Å². The lowest BCUT2D eigenvalue weighted by Gasteiger charge is -2.03. The van der Waals surface area contributed by atoms with Gasteiger partial charge < -0.3 is 0 Å². The van der Waals surface area contributed by atoms with Gasteiger partial charge in [-0.05, 0) is 6.42 Å². The van der Waals surface area contributed by atoms with Crippen LogP contribution in [0.2, 0.25) is 0 Å². The van der Waals surface area contributed by atoms with Gasteiger partial charge in [-0.1, -0.05) is 19.8 Å². The minimum atomic E-state index is -3.70. The van der Waals surface area contributed by atoms with E-state index >= 15 is 0 Å². The van der Waals surface area contributed by atoms with Gasteiger partial charge in [0.05, 0.1) is 0 Å². The van der Waals surface area contributed by atoms with Crippen molar-refractivity contribution >= 4 is 0 Å². The highest BCUT2D eigenvalue weighted by Gasteiger charge is 2.25. The van der Waals surface area contributed by atoms with E-state index in [1.165, 1.54) is 0 Å². The largest absolute Gasteiger partial charge is 0.381 e. The van der Waals surface area contributed by atoms with Gasteiger partial charge in [-0.25, -0.2) is 0 Å². The van der Waals surface area contributed by atoms with Crippen molar-refractivity contribution in [3.8, 4) is 0 Å². The molecule has 0 aliphatic carbocycles. The molecule has 0 heterocycles. The molecule has 1 radical (unpaired) electrons. The summed E-state index contributed by atoms with van der Waals surface area (Å²) >= 11 is 0. The lowest BCUT2D eigenvalue weighted by Crippen LogP contribution is -2.11. The SMILES string of the molecule is CCCCCC([O])(F)F. The predicted molar refractivity (Wildman–Crippen MR) is 29.8 cm³/mol. The maximum Gasteiger partial charge on any atom is 0.381 e. The Balaban J connectivity index is 3.07. The first kappa shape index (κ1) is 8.82. The van der Waals surface area contributed by atoms with Crippen molar-refractivity contribution in [2.75, 3.05) is 0 Å². The summed E-state index contributed by atoms with van der Waals surface area (Å²) < 4.78 is 23.0. The van der Waals surface area contributed by atoms with Gasteiger partial charge in [0.2, 0.25) is 0 Å². The van der Waals surface area contributed by atoms with E-state index in [1.807, 2.05) is 6.92 Å². The van der Waals surface area contributed by atoms with Gasteiger partial charge in [-0.3, -0.25) is 0 Å².